The first kappa shape index (κ1) is 9.39. The van der Waals surface area contributed by atoms with E-state index in [-0.39, 0.29) is 12.4 Å². The predicted molar refractivity (Wildman–Crippen MR) is 53.4 cm³/mol. The third-order valence-corrected chi connectivity index (χ3v) is 1.86. The summed E-state index contributed by atoms with van der Waals surface area (Å²) < 4.78 is 10.2. The summed E-state index contributed by atoms with van der Waals surface area (Å²) in [6.07, 6.45) is 1.42. The van der Waals surface area contributed by atoms with Crippen molar-refractivity contribution in [2.75, 3.05) is 5.73 Å². The molecule has 1 heterocycles. The highest BCUT2D eigenvalue weighted by molar-refractivity contribution is 5.38. The van der Waals surface area contributed by atoms with E-state index < -0.39 is 0 Å². The van der Waals surface area contributed by atoms with Gasteiger partial charge < -0.3 is 20.1 Å². The van der Waals surface area contributed by atoms with E-state index in [0.29, 0.717) is 17.2 Å². The van der Waals surface area contributed by atoms with Crippen molar-refractivity contribution in [1.82, 2.24) is 5.16 Å². The van der Waals surface area contributed by atoms with Gasteiger partial charge in [0.05, 0.1) is 11.9 Å². The Balaban J connectivity index is 2.02. The monoisotopic (exact) mass is 206 g/mol. The molecule has 0 radical (unpaired) electrons. The minimum absolute atomic E-state index is 0.151. The number of aromatic nitrogens is 1. The zero-order valence-electron chi connectivity index (χ0n) is 7.88. The molecule has 5 nitrogen and oxygen atoms in total. The number of rotatable bonds is 3. The SMILES string of the molecule is Nc1cnoc1COc1cccc(O)c1. The maximum Gasteiger partial charge on any atom is 0.196 e. The van der Waals surface area contributed by atoms with E-state index in [0.717, 1.165) is 0 Å². The molecule has 0 fully saturated rings. The Morgan fingerprint density at radius 1 is 1.47 bits per heavy atom. The lowest BCUT2D eigenvalue weighted by Crippen LogP contribution is -1.97. The molecule has 2 aromatic rings. The van der Waals surface area contributed by atoms with Gasteiger partial charge in [-0.3, -0.25) is 0 Å². The van der Waals surface area contributed by atoms with Crippen LogP contribution in [0.3, 0.4) is 0 Å². The van der Waals surface area contributed by atoms with Crippen molar-refractivity contribution in [3.8, 4) is 11.5 Å². The Bertz CT molecular complexity index is 453. The van der Waals surface area contributed by atoms with Crippen LogP contribution >= 0.6 is 0 Å². The Kier molecular flexibility index (Phi) is 2.45. The first-order valence-electron chi connectivity index (χ1n) is 4.36. The lowest BCUT2D eigenvalue weighted by Gasteiger charge is -2.03. The molecule has 0 bridgehead atoms. The number of phenols is 1. The van der Waals surface area contributed by atoms with E-state index in [1.807, 2.05) is 0 Å². The molecule has 3 N–H and O–H groups in total. The molecule has 0 aliphatic carbocycles. The highest BCUT2D eigenvalue weighted by Crippen LogP contribution is 2.20. The Hall–Kier alpha value is -2.17. The second-order valence-electron chi connectivity index (χ2n) is 2.99. The molecule has 78 valence electrons. The van der Waals surface area contributed by atoms with Crippen molar-refractivity contribution in [2.24, 2.45) is 0 Å². The molecule has 1 aromatic heterocycles. The van der Waals surface area contributed by atoms with E-state index in [1.54, 1.807) is 18.2 Å². The third kappa shape index (κ3) is 2.19. The van der Waals surface area contributed by atoms with Gasteiger partial charge in [-0.05, 0) is 12.1 Å². The molecule has 0 unspecified atom stereocenters. The lowest BCUT2D eigenvalue weighted by atomic mass is 10.3. The standard InChI is InChI=1S/C10H10N2O3/c11-9-5-12-15-10(9)6-14-8-3-1-2-7(13)4-8/h1-5,13H,6,11H2. The molecule has 0 aliphatic heterocycles. The highest BCUT2D eigenvalue weighted by Gasteiger charge is 2.05. The summed E-state index contributed by atoms with van der Waals surface area (Å²) in [5.74, 6) is 1.17. The largest absolute Gasteiger partial charge is 0.508 e. The van der Waals surface area contributed by atoms with Crippen molar-refractivity contribution < 1.29 is 14.4 Å². The van der Waals surface area contributed by atoms with Crippen LogP contribution in [0.5, 0.6) is 11.5 Å². The van der Waals surface area contributed by atoms with Crippen LogP contribution in [0.4, 0.5) is 5.69 Å². The molecule has 0 aliphatic rings. The number of nitrogens with two attached hydrogens (primary N) is 1. The summed E-state index contributed by atoms with van der Waals surface area (Å²) in [5.41, 5.74) is 6.00. The fourth-order valence-electron chi connectivity index (χ4n) is 1.10. The fourth-order valence-corrected chi connectivity index (χ4v) is 1.10. The van der Waals surface area contributed by atoms with Crippen molar-refractivity contribution >= 4 is 5.69 Å². The zero-order valence-corrected chi connectivity index (χ0v) is 7.88. The minimum Gasteiger partial charge on any atom is -0.508 e. The molecular weight excluding hydrogens is 196 g/mol. The van der Waals surface area contributed by atoms with Crippen LogP contribution in [0.25, 0.3) is 0 Å². The van der Waals surface area contributed by atoms with E-state index in [9.17, 15) is 5.11 Å². The first-order chi connectivity index (χ1) is 7.25. The molecule has 0 saturated carbocycles. The Morgan fingerprint density at radius 3 is 3.00 bits per heavy atom. The van der Waals surface area contributed by atoms with E-state index in [2.05, 4.69) is 5.16 Å². The molecule has 5 heteroatoms. The highest BCUT2D eigenvalue weighted by atomic mass is 16.5. The van der Waals surface area contributed by atoms with Gasteiger partial charge in [0.25, 0.3) is 0 Å². The number of phenolic OH excluding ortho intramolecular Hbond substituents is 1. The van der Waals surface area contributed by atoms with Crippen molar-refractivity contribution in [2.45, 2.75) is 6.61 Å². The second-order valence-corrected chi connectivity index (χ2v) is 2.99. The van der Waals surface area contributed by atoms with Gasteiger partial charge in [0.2, 0.25) is 0 Å². The van der Waals surface area contributed by atoms with Gasteiger partial charge in [-0.25, -0.2) is 0 Å². The first-order valence-corrected chi connectivity index (χ1v) is 4.36. The van der Waals surface area contributed by atoms with Crippen LogP contribution in [0.15, 0.2) is 35.0 Å². The number of hydrogen-bond acceptors (Lipinski definition) is 5. The van der Waals surface area contributed by atoms with Gasteiger partial charge in [0.15, 0.2) is 12.4 Å². The van der Waals surface area contributed by atoms with Gasteiger partial charge in [0, 0.05) is 6.07 Å². The average Bonchev–Trinajstić information content (AvgIpc) is 2.61. The third-order valence-electron chi connectivity index (χ3n) is 1.86. The normalized spacial score (nSPS) is 10.1. The van der Waals surface area contributed by atoms with Gasteiger partial charge >= 0.3 is 0 Å². The number of hydrogen-bond donors (Lipinski definition) is 2. The smallest absolute Gasteiger partial charge is 0.196 e. The zero-order chi connectivity index (χ0) is 10.7. The molecule has 0 saturated heterocycles. The summed E-state index contributed by atoms with van der Waals surface area (Å²) >= 11 is 0. The van der Waals surface area contributed by atoms with Gasteiger partial charge in [-0.2, -0.15) is 0 Å². The van der Waals surface area contributed by atoms with Crippen LogP contribution in [-0.2, 0) is 6.61 Å². The molecule has 1 aromatic carbocycles. The summed E-state index contributed by atoms with van der Waals surface area (Å²) in [4.78, 5) is 0. The second kappa shape index (κ2) is 3.91. The van der Waals surface area contributed by atoms with E-state index in [4.69, 9.17) is 15.0 Å². The molecule has 0 spiro atoms. The molecule has 0 atom stereocenters. The Labute approximate surface area is 86.1 Å². The molecule has 0 amide bonds. The number of nitrogen functional groups attached to an aromatic ring is 1. The summed E-state index contributed by atoms with van der Waals surface area (Å²) in [7, 11) is 0. The minimum atomic E-state index is 0.151. The average molecular weight is 206 g/mol. The quantitative estimate of drug-likeness (QED) is 0.796. The fraction of sp³-hybridized carbons (Fsp3) is 0.100. The number of ether oxygens (including phenoxy) is 1. The van der Waals surface area contributed by atoms with Crippen molar-refractivity contribution in [3.05, 3.63) is 36.2 Å². The van der Waals surface area contributed by atoms with Crippen LogP contribution in [-0.4, -0.2) is 10.3 Å². The van der Waals surface area contributed by atoms with Crippen LogP contribution in [0.2, 0.25) is 0 Å². The van der Waals surface area contributed by atoms with Gasteiger partial charge in [-0.15, -0.1) is 0 Å². The van der Waals surface area contributed by atoms with E-state index >= 15 is 0 Å². The van der Waals surface area contributed by atoms with Crippen molar-refractivity contribution in [1.29, 1.82) is 0 Å². The summed E-state index contributed by atoms with van der Waals surface area (Å²) in [5, 5.41) is 12.7. The van der Waals surface area contributed by atoms with Gasteiger partial charge in [0.1, 0.15) is 11.5 Å². The topological polar surface area (TPSA) is 81.5 Å². The number of aromatic hydroxyl groups is 1. The lowest BCUT2D eigenvalue weighted by molar-refractivity contribution is 0.249. The van der Waals surface area contributed by atoms with E-state index in [1.165, 1.54) is 12.3 Å². The van der Waals surface area contributed by atoms with Crippen LogP contribution in [0, 0.1) is 0 Å². The summed E-state index contributed by atoms with van der Waals surface area (Å²) in [6, 6.07) is 6.49. The number of benzene rings is 1. The molecule has 15 heavy (non-hydrogen) atoms. The number of anilines is 1. The van der Waals surface area contributed by atoms with Crippen LogP contribution in [0.1, 0.15) is 5.76 Å². The predicted octanol–water partition coefficient (Wildman–Crippen LogP) is 1.54. The Morgan fingerprint density at radius 2 is 2.33 bits per heavy atom. The molecule has 2 rings (SSSR count). The maximum absolute atomic E-state index is 9.18. The molecular formula is C10H10N2O3. The summed E-state index contributed by atoms with van der Waals surface area (Å²) in [6.45, 7) is 0.190. The van der Waals surface area contributed by atoms with Crippen molar-refractivity contribution in [3.63, 3.8) is 0 Å². The van der Waals surface area contributed by atoms with Gasteiger partial charge in [-0.1, -0.05) is 11.2 Å². The maximum atomic E-state index is 9.18. The number of nitrogens with zero attached hydrogens (tertiary/aromatic N) is 1. The van der Waals surface area contributed by atoms with Crippen LogP contribution < -0.4 is 10.5 Å².